The third-order valence-electron chi connectivity index (χ3n) is 7.19. The first-order chi connectivity index (χ1) is 15.0. The molecule has 2 bridgehead atoms. The molecule has 2 aliphatic heterocycles. The minimum absolute atomic E-state index is 0.00193. The van der Waals surface area contributed by atoms with E-state index in [4.69, 9.17) is 9.47 Å². The molecule has 0 radical (unpaired) electrons. The predicted molar refractivity (Wildman–Crippen MR) is 115 cm³/mol. The van der Waals surface area contributed by atoms with Crippen LogP contribution in [0.15, 0.2) is 24.3 Å². The number of carbonyl (C=O) groups excluding carboxylic acids is 3. The molecule has 1 aromatic carbocycles. The number of hydrogen-bond acceptors (Lipinski definition) is 5. The molecule has 7 nitrogen and oxygen atoms in total. The molecule has 1 aromatic rings. The third kappa shape index (κ3) is 3.95. The van der Waals surface area contributed by atoms with Crippen LogP contribution in [0.25, 0.3) is 0 Å². The molecule has 1 saturated carbocycles. The van der Waals surface area contributed by atoms with E-state index in [1.165, 1.54) is 11.3 Å². The molecule has 2 heterocycles. The summed E-state index contributed by atoms with van der Waals surface area (Å²) in [5, 5.41) is 0. The molecule has 4 rings (SSSR count). The summed E-state index contributed by atoms with van der Waals surface area (Å²) >= 11 is 0. The summed E-state index contributed by atoms with van der Waals surface area (Å²) in [6, 6.07) is 7.54. The number of amides is 3. The molecule has 0 aromatic heterocycles. The summed E-state index contributed by atoms with van der Waals surface area (Å²) in [4.78, 5) is 43.5. The van der Waals surface area contributed by atoms with E-state index in [0.717, 1.165) is 25.8 Å². The number of hydrogen-bond donors (Lipinski definition) is 0. The van der Waals surface area contributed by atoms with Gasteiger partial charge in [0, 0.05) is 51.3 Å². The van der Waals surface area contributed by atoms with Gasteiger partial charge in [0.15, 0.2) is 0 Å². The minimum atomic E-state index is -1.22. The fourth-order valence-electron chi connectivity index (χ4n) is 5.68. The van der Waals surface area contributed by atoms with Crippen LogP contribution in [0, 0.1) is 5.92 Å². The van der Waals surface area contributed by atoms with Crippen LogP contribution >= 0.6 is 0 Å². The van der Waals surface area contributed by atoms with Crippen molar-refractivity contribution in [3.63, 3.8) is 0 Å². The molecule has 3 aliphatic rings. The first kappa shape index (κ1) is 21.8. The standard InChI is InChI=1S/C24H32N2O5/c1-30-12-6-11-25-21(27)14-24(23(25)29,19-9-3-4-10-20(19)31-2)15-22(28)26-16-17-7-5-8-18(26)13-17/h3-4,9-10,17-18H,5-8,11-16H2,1-2H3/t17-,18+,24-/m1/s1. The molecule has 1 aliphatic carbocycles. The molecule has 2 saturated heterocycles. The number of ether oxygens (including phenoxy) is 2. The first-order valence-electron chi connectivity index (χ1n) is 11.3. The van der Waals surface area contributed by atoms with E-state index in [1.807, 2.05) is 23.1 Å². The highest BCUT2D eigenvalue weighted by molar-refractivity contribution is 6.11. The van der Waals surface area contributed by atoms with Crippen LogP contribution in [-0.2, 0) is 24.5 Å². The fraction of sp³-hybridized carbons (Fsp3) is 0.625. The van der Waals surface area contributed by atoms with Gasteiger partial charge in [-0.25, -0.2) is 0 Å². The average molecular weight is 429 g/mol. The number of benzene rings is 1. The number of methoxy groups -OCH3 is 2. The Hall–Kier alpha value is -2.41. The van der Waals surface area contributed by atoms with Gasteiger partial charge < -0.3 is 14.4 Å². The lowest BCUT2D eigenvalue weighted by Crippen LogP contribution is -2.45. The van der Waals surface area contributed by atoms with Gasteiger partial charge >= 0.3 is 0 Å². The predicted octanol–water partition coefficient (Wildman–Crippen LogP) is 2.52. The van der Waals surface area contributed by atoms with Gasteiger partial charge in [0.2, 0.25) is 17.7 Å². The van der Waals surface area contributed by atoms with Gasteiger partial charge in [-0.3, -0.25) is 19.3 Å². The second-order valence-corrected chi connectivity index (χ2v) is 9.07. The largest absolute Gasteiger partial charge is 0.496 e. The Morgan fingerprint density at radius 2 is 2.00 bits per heavy atom. The van der Waals surface area contributed by atoms with Crippen LogP contribution in [-0.4, -0.2) is 67.5 Å². The Labute approximate surface area is 183 Å². The number of carbonyl (C=O) groups is 3. The van der Waals surface area contributed by atoms with E-state index < -0.39 is 5.41 Å². The third-order valence-corrected chi connectivity index (χ3v) is 7.19. The SMILES string of the molecule is COCCCN1C(=O)C[C@@](CC(=O)N2C[C@@H]3CCC[C@H]2C3)(c2ccccc2OC)C1=O. The van der Waals surface area contributed by atoms with Gasteiger partial charge in [-0.05, 0) is 37.7 Å². The lowest BCUT2D eigenvalue weighted by molar-refractivity contribution is -0.143. The summed E-state index contributed by atoms with van der Waals surface area (Å²) in [6.07, 6.45) is 4.97. The van der Waals surface area contributed by atoms with Crippen molar-refractivity contribution < 1.29 is 23.9 Å². The molecular formula is C24H32N2O5. The quantitative estimate of drug-likeness (QED) is 0.470. The normalized spacial score (nSPS) is 27.8. The highest BCUT2D eigenvalue weighted by atomic mass is 16.5. The molecule has 7 heteroatoms. The van der Waals surface area contributed by atoms with Gasteiger partial charge in [0.05, 0.1) is 12.5 Å². The van der Waals surface area contributed by atoms with E-state index in [9.17, 15) is 14.4 Å². The van der Waals surface area contributed by atoms with Crippen molar-refractivity contribution >= 4 is 17.7 Å². The molecule has 3 atom stereocenters. The molecule has 3 amide bonds. The zero-order valence-corrected chi connectivity index (χ0v) is 18.5. The molecular weight excluding hydrogens is 396 g/mol. The maximum absolute atomic E-state index is 13.7. The van der Waals surface area contributed by atoms with Crippen molar-refractivity contribution in [2.75, 3.05) is 33.9 Å². The first-order valence-corrected chi connectivity index (χ1v) is 11.3. The van der Waals surface area contributed by atoms with Crippen LogP contribution in [0.3, 0.4) is 0 Å². The summed E-state index contributed by atoms with van der Waals surface area (Å²) in [7, 11) is 3.15. The number of imide groups is 1. The van der Waals surface area contributed by atoms with Crippen molar-refractivity contribution in [3.05, 3.63) is 29.8 Å². The summed E-state index contributed by atoms with van der Waals surface area (Å²) < 4.78 is 10.6. The molecule has 0 unspecified atom stereocenters. The van der Waals surface area contributed by atoms with Crippen LogP contribution in [0.1, 0.15) is 50.5 Å². The van der Waals surface area contributed by atoms with Crippen molar-refractivity contribution in [1.82, 2.24) is 9.80 Å². The summed E-state index contributed by atoms with van der Waals surface area (Å²) in [5.41, 5.74) is -0.592. The zero-order valence-electron chi connectivity index (χ0n) is 18.5. The van der Waals surface area contributed by atoms with Crippen LogP contribution in [0.5, 0.6) is 5.75 Å². The Bertz CT molecular complexity index is 856. The smallest absolute Gasteiger partial charge is 0.241 e. The fourth-order valence-corrected chi connectivity index (χ4v) is 5.68. The van der Waals surface area contributed by atoms with Gasteiger partial charge in [-0.15, -0.1) is 0 Å². The summed E-state index contributed by atoms with van der Waals surface area (Å²) in [6.45, 7) is 1.53. The number of fused-ring (bicyclic) bond motifs is 2. The second kappa shape index (κ2) is 8.99. The Morgan fingerprint density at radius 1 is 1.19 bits per heavy atom. The van der Waals surface area contributed by atoms with Crippen molar-refractivity contribution in [1.29, 1.82) is 0 Å². The highest BCUT2D eigenvalue weighted by Crippen LogP contribution is 2.45. The maximum atomic E-state index is 13.7. The monoisotopic (exact) mass is 428 g/mol. The van der Waals surface area contributed by atoms with Gasteiger partial charge in [0.25, 0.3) is 0 Å². The van der Waals surface area contributed by atoms with E-state index in [2.05, 4.69) is 0 Å². The van der Waals surface area contributed by atoms with Gasteiger partial charge in [-0.1, -0.05) is 24.6 Å². The van der Waals surface area contributed by atoms with Crippen molar-refractivity contribution in [2.45, 2.75) is 56.4 Å². The van der Waals surface area contributed by atoms with Crippen LogP contribution < -0.4 is 4.74 Å². The van der Waals surface area contributed by atoms with E-state index in [-0.39, 0.29) is 36.6 Å². The van der Waals surface area contributed by atoms with Crippen LogP contribution in [0.2, 0.25) is 0 Å². The van der Waals surface area contributed by atoms with E-state index in [1.54, 1.807) is 20.3 Å². The number of rotatable bonds is 8. The lowest BCUT2D eigenvalue weighted by Gasteiger charge is -2.32. The van der Waals surface area contributed by atoms with Gasteiger partial charge in [0.1, 0.15) is 5.75 Å². The van der Waals surface area contributed by atoms with Crippen molar-refractivity contribution in [2.24, 2.45) is 5.92 Å². The van der Waals surface area contributed by atoms with Crippen molar-refractivity contribution in [3.8, 4) is 5.75 Å². The van der Waals surface area contributed by atoms with Crippen LogP contribution in [0.4, 0.5) is 0 Å². The Balaban J connectivity index is 1.66. The molecule has 168 valence electrons. The van der Waals surface area contributed by atoms with Gasteiger partial charge in [-0.2, -0.15) is 0 Å². The Kier molecular flexibility index (Phi) is 6.32. The van der Waals surface area contributed by atoms with E-state index >= 15 is 0 Å². The number of para-hydroxylation sites is 1. The Morgan fingerprint density at radius 3 is 2.74 bits per heavy atom. The number of likely N-dealkylation sites (tertiary alicyclic amines) is 2. The van der Waals surface area contributed by atoms with E-state index in [0.29, 0.717) is 36.8 Å². The number of nitrogens with zero attached hydrogens (tertiary/aromatic N) is 2. The summed E-state index contributed by atoms with van der Waals surface area (Å²) in [5.74, 6) is 0.542. The molecule has 31 heavy (non-hydrogen) atoms. The molecule has 0 N–H and O–H groups in total. The highest BCUT2D eigenvalue weighted by Gasteiger charge is 2.55. The second-order valence-electron chi connectivity index (χ2n) is 9.07. The average Bonchev–Trinajstić information content (AvgIpc) is 3.20. The molecule has 0 spiro atoms. The minimum Gasteiger partial charge on any atom is -0.496 e. The topological polar surface area (TPSA) is 76.2 Å². The lowest BCUT2D eigenvalue weighted by atomic mass is 9.75. The maximum Gasteiger partial charge on any atom is 0.241 e. The zero-order chi connectivity index (χ0) is 22.0. The molecule has 3 fully saturated rings.